The highest BCUT2D eigenvalue weighted by atomic mass is 32.2. The van der Waals surface area contributed by atoms with E-state index in [1.54, 1.807) is 23.9 Å². The van der Waals surface area contributed by atoms with Crippen molar-refractivity contribution < 1.29 is 18.8 Å². The van der Waals surface area contributed by atoms with Gasteiger partial charge in [-0.3, -0.25) is 14.9 Å². The van der Waals surface area contributed by atoms with E-state index in [9.17, 15) is 18.8 Å². The number of hydrogen-bond acceptors (Lipinski definition) is 4. The summed E-state index contributed by atoms with van der Waals surface area (Å²) in [7, 11) is 0. The molecule has 0 spiro atoms. The van der Waals surface area contributed by atoms with Crippen LogP contribution < -0.4 is 10.2 Å². The van der Waals surface area contributed by atoms with E-state index in [0.717, 1.165) is 21.9 Å². The van der Waals surface area contributed by atoms with Gasteiger partial charge < -0.3 is 0 Å². The van der Waals surface area contributed by atoms with Crippen LogP contribution in [0.4, 0.5) is 14.9 Å². The van der Waals surface area contributed by atoms with E-state index in [4.69, 9.17) is 0 Å². The zero-order chi connectivity index (χ0) is 18.0. The van der Waals surface area contributed by atoms with Crippen molar-refractivity contribution in [2.24, 2.45) is 0 Å². The minimum Gasteiger partial charge on any atom is -0.273 e. The molecule has 7 heteroatoms. The van der Waals surface area contributed by atoms with Crippen LogP contribution in [-0.4, -0.2) is 24.1 Å². The minimum atomic E-state index is -0.864. The molecule has 0 bridgehead atoms. The number of anilines is 1. The van der Waals surface area contributed by atoms with Crippen LogP contribution in [0.1, 0.15) is 5.56 Å². The van der Waals surface area contributed by atoms with Crippen molar-refractivity contribution in [3.8, 4) is 0 Å². The summed E-state index contributed by atoms with van der Waals surface area (Å²) in [6.07, 6.45) is 3.36. The molecule has 0 aromatic heterocycles. The lowest BCUT2D eigenvalue weighted by Gasteiger charge is -2.26. The average Bonchev–Trinajstić information content (AvgIpc) is 2.60. The Kier molecular flexibility index (Phi) is 4.67. The zero-order valence-corrected chi connectivity index (χ0v) is 14.0. The second kappa shape index (κ2) is 6.90. The molecule has 0 atom stereocenters. The number of amides is 4. The number of nitrogens with zero attached hydrogens (tertiary/aromatic N) is 1. The molecule has 1 fully saturated rings. The Hall–Kier alpha value is -2.93. The number of nitrogens with one attached hydrogen (secondary N) is 1. The Labute approximate surface area is 147 Å². The van der Waals surface area contributed by atoms with Gasteiger partial charge in [0.2, 0.25) is 0 Å². The summed E-state index contributed by atoms with van der Waals surface area (Å²) in [6, 6.07) is 11.3. The number of rotatable bonds is 3. The van der Waals surface area contributed by atoms with E-state index < -0.39 is 23.7 Å². The lowest BCUT2D eigenvalue weighted by atomic mass is 10.1. The van der Waals surface area contributed by atoms with E-state index in [0.29, 0.717) is 5.56 Å². The van der Waals surface area contributed by atoms with Crippen molar-refractivity contribution >= 4 is 41.4 Å². The van der Waals surface area contributed by atoms with Gasteiger partial charge in [-0.15, -0.1) is 11.8 Å². The van der Waals surface area contributed by atoms with E-state index in [2.05, 4.69) is 5.32 Å². The molecule has 126 valence electrons. The Bertz CT molecular complexity index is 876. The third kappa shape index (κ3) is 3.46. The van der Waals surface area contributed by atoms with Gasteiger partial charge in [-0.1, -0.05) is 12.1 Å². The van der Waals surface area contributed by atoms with Gasteiger partial charge in [-0.25, -0.2) is 14.1 Å². The molecule has 3 rings (SSSR count). The molecule has 25 heavy (non-hydrogen) atoms. The molecule has 1 aliphatic heterocycles. The van der Waals surface area contributed by atoms with Crippen LogP contribution in [0.2, 0.25) is 0 Å². The Morgan fingerprint density at radius 3 is 2.24 bits per heavy atom. The van der Waals surface area contributed by atoms with Gasteiger partial charge in [0.1, 0.15) is 11.4 Å². The number of hydrogen-bond donors (Lipinski definition) is 1. The number of carbonyl (C=O) groups is 3. The maximum Gasteiger partial charge on any atom is 0.335 e. The standard InChI is InChI=1S/C18H13FN2O3S/c1-25-14-8-2-11(3-9-14)10-15-16(22)20-18(24)21(17(15)23)13-6-4-12(19)5-7-13/h2-10H,1H3,(H,20,22,24). The molecule has 0 aliphatic carbocycles. The molecule has 2 aromatic rings. The number of carbonyl (C=O) groups excluding carboxylic acids is 3. The molecule has 4 amide bonds. The number of benzene rings is 2. The fourth-order valence-corrected chi connectivity index (χ4v) is 2.76. The van der Waals surface area contributed by atoms with Crippen molar-refractivity contribution in [3.63, 3.8) is 0 Å². The number of barbiturate groups is 1. The van der Waals surface area contributed by atoms with E-state index in [1.165, 1.54) is 18.2 Å². The van der Waals surface area contributed by atoms with Crippen LogP contribution in [-0.2, 0) is 9.59 Å². The highest BCUT2D eigenvalue weighted by Crippen LogP contribution is 2.23. The molecule has 0 saturated carbocycles. The van der Waals surface area contributed by atoms with Crippen molar-refractivity contribution in [1.29, 1.82) is 0 Å². The lowest BCUT2D eigenvalue weighted by molar-refractivity contribution is -0.122. The molecular weight excluding hydrogens is 343 g/mol. The fraction of sp³-hybridized carbons (Fsp3) is 0.0556. The van der Waals surface area contributed by atoms with Gasteiger partial charge in [0.05, 0.1) is 5.69 Å². The first-order chi connectivity index (χ1) is 12.0. The van der Waals surface area contributed by atoms with Gasteiger partial charge >= 0.3 is 6.03 Å². The van der Waals surface area contributed by atoms with Crippen LogP contribution in [0.5, 0.6) is 0 Å². The summed E-state index contributed by atoms with van der Waals surface area (Å²) >= 11 is 1.57. The van der Waals surface area contributed by atoms with Gasteiger partial charge in [-0.05, 0) is 54.3 Å². The summed E-state index contributed by atoms with van der Waals surface area (Å²) in [6.45, 7) is 0. The monoisotopic (exact) mass is 356 g/mol. The van der Waals surface area contributed by atoms with Crippen molar-refractivity contribution in [2.45, 2.75) is 4.90 Å². The maximum absolute atomic E-state index is 13.1. The Morgan fingerprint density at radius 2 is 1.64 bits per heavy atom. The predicted octanol–water partition coefficient (Wildman–Crippen LogP) is 3.21. The number of halogens is 1. The number of thioether (sulfide) groups is 1. The van der Waals surface area contributed by atoms with Crippen LogP contribution >= 0.6 is 11.8 Å². The zero-order valence-electron chi connectivity index (χ0n) is 13.2. The van der Waals surface area contributed by atoms with Crippen molar-refractivity contribution in [2.75, 3.05) is 11.2 Å². The second-order valence-corrected chi connectivity index (χ2v) is 6.09. The lowest BCUT2D eigenvalue weighted by Crippen LogP contribution is -2.54. The first-order valence-corrected chi connectivity index (χ1v) is 8.53. The first-order valence-electron chi connectivity index (χ1n) is 7.30. The highest BCUT2D eigenvalue weighted by molar-refractivity contribution is 7.98. The minimum absolute atomic E-state index is 0.166. The molecule has 2 aromatic carbocycles. The largest absolute Gasteiger partial charge is 0.335 e. The molecule has 1 N–H and O–H groups in total. The molecule has 0 radical (unpaired) electrons. The molecule has 1 heterocycles. The van der Waals surface area contributed by atoms with E-state index in [1.807, 2.05) is 18.4 Å². The summed E-state index contributed by atoms with van der Waals surface area (Å²) in [5.41, 5.74) is 0.672. The van der Waals surface area contributed by atoms with Crippen LogP contribution in [0, 0.1) is 5.82 Å². The van der Waals surface area contributed by atoms with Crippen molar-refractivity contribution in [1.82, 2.24) is 5.32 Å². The Balaban J connectivity index is 1.97. The normalized spacial score (nSPS) is 16.3. The van der Waals surface area contributed by atoms with Gasteiger partial charge in [0.25, 0.3) is 11.8 Å². The van der Waals surface area contributed by atoms with Gasteiger partial charge in [0.15, 0.2) is 0 Å². The number of urea groups is 1. The quantitative estimate of drug-likeness (QED) is 0.521. The number of imide groups is 2. The molecule has 0 unspecified atom stereocenters. The van der Waals surface area contributed by atoms with Crippen LogP contribution in [0.15, 0.2) is 59.0 Å². The SMILES string of the molecule is CSc1ccc(C=C2C(=O)NC(=O)N(c3ccc(F)cc3)C2=O)cc1. The summed E-state index contributed by atoms with van der Waals surface area (Å²) in [4.78, 5) is 38.6. The van der Waals surface area contributed by atoms with E-state index in [-0.39, 0.29) is 11.3 Å². The first kappa shape index (κ1) is 16.9. The fourth-order valence-electron chi connectivity index (χ4n) is 2.35. The molecule has 1 saturated heterocycles. The van der Waals surface area contributed by atoms with Gasteiger partial charge in [-0.2, -0.15) is 0 Å². The van der Waals surface area contributed by atoms with Crippen molar-refractivity contribution in [3.05, 3.63) is 65.5 Å². The second-order valence-electron chi connectivity index (χ2n) is 5.21. The maximum atomic E-state index is 13.1. The van der Waals surface area contributed by atoms with Gasteiger partial charge in [0, 0.05) is 4.90 Å². The molecular formula is C18H13FN2O3S. The summed E-state index contributed by atoms with van der Waals surface area (Å²) < 4.78 is 13.1. The summed E-state index contributed by atoms with van der Waals surface area (Å²) in [5.74, 6) is -2.01. The van der Waals surface area contributed by atoms with Crippen LogP contribution in [0.3, 0.4) is 0 Å². The van der Waals surface area contributed by atoms with Crippen LogP contribution in [0.25, 0.3) is 6.08 Å². The third-order valence-electron chi connectivity index (χ3n) is 3.61. The topological polar surface area (TPSA) is 66.5 Å². The average molecular weight is 356 g/mol. The highest BCUT2D eigenvalue weighted by Gasteiger charge is 2.36. The predicted molar refractivity (Wildman–Crippen MR) is 93.6 cm³/mol. The smallest absolute Gasteiger partial charge is 0.273 e. The Morgan fingerprint density at radius 1 is 1.00 bits per heavy atom. The molecule has 1 aliphatic rings. The molecule has 5 nitrogen and oxygen atoms in total. The van der Waals surface area contributed by atoms with E-state index >= 15 is 0 Å². The third-order valence-corrected chi connectivity index (χ3v) is 4.36. The summed E-state index contributed by atoms with van der Waals surface area (Å²) in [5, 5.41) is 2.13.